The summed E-state index contributed by atoms with van der Waals surface area (Å²) in [5, 5.41) is 8.32. The lowest BCUT2D eigenvalue weighted by atomic mass is 10.1. The standard InChI is InChI=1S/C24H22N2O4/c1-3-23(27)17-5-9-19(10-6-17)25-26-20-11-15-22(16-12-20)30-24(28)18-7-13-21(14-8-18)29-4-2/h5-16H,3-4H2,1-2H3. The van der Waals surface area contributed by atoms with Gasteiger partial charge in [-0.2, -0.15) is 10.2 Å². The first-order valence-corrected chi connectivity index (χ1v) is 9.69. The number of azo groups is 1. The van der Waals surface area contributed by atoms with E-state index in [0.29, 0.717) is 47.0 Å². The summed E-state index contributed by atoms with van der Waals surface area (Å²) >= 11 is 0. The van der Waals surface area contributed by atoms with Gasteiger partial charge in [-0.3, -0.25) is 4.79 Å². The predicted molar refractivity (Wildman–Crippen MR) is 114 cm³/mol. The van der Waals surface area contributed by atoms with Crippen LogP contribution in [0, 0.1) is 0 Å². The lowest BCUT2D eigenvalue weighted by Gasteiger charge is -2.06. The van der Waals surface area contributed by atoms with E-state index in [4.69, 9.17) is 9.47 Å². The highest BCUT2D eigenvalue weighted by molar-refractivity contribution is 5.96. The van der Waals surface area contributed by atoms with Gasteiger partial charge in [-0.1, -0.05) is 6.92 Å². The van der Waals surface area contributed by atoms with Gasteiger partial charge in [0.25, 0.3) is 0 Å². The summed E-state index contributed by atoms with van der Waals surface area (Å²) in [7, 11) is 0. The quantitative estimate of drug-likeness (QED) is 0.191. The molecular weight excluding hydrogens is 380 g/mol. The molecule has 0 saturated heterocycles. The number of esters is 1. The van der Waals surface area contributed by atoms with Crippen LogP contribution < -0.4 is 9.47 Å². The van der Waals surface area contributed by atoms with Gasteiger partial charge >= 0.3 is 5.97 Å². The van der Waals surface area contributed by atoms with Crippen LogP contribution in [-0.4, -0.2) is 18.4 Å². The van der Waals surface area contributed by atoms with Crippen LogP contribution in [0.3, 0.4) is 0 Å². The van der Waals surface area contributed by atoms with E-state index in [2.05, 4.69) is 10.2 Å². The number of ketones is 1. The molecule has 0 atom stereocenters. The van der Waals surface area contributed by atoms with Crippen molar-refractivity contribution >= 4 is 23.1 Å². The molecule has 0 saturated carbocycles. The Hall–Kier alpha value is -3.80. The molecule has 0 radical (unpaired) electrons. The summed E-state index contributed by atoms with van der Waals surface area (Å²) in [6, 6.07) is 20.5. The number of hydrogen-bond acceptors (Lipinski definition) is 6. The maximum Gasteiger partial charge on any atom is 0.343 e. The van der Waals surface area contributed by atoms with E-state index in [-0.39, 0.29) is 5.78 Å². The highest BCUT2D eigenvalue weighted by atomic mass is 16.5. The Balaban J connectivity index is 1.59. The summed E-state index contributed by atoms with van der Waals surface area (Å²) < 4.78 is 10.7. The molecular formula is C24H22N2O4. The Morgan fingerprint density at radius 3 is 1.73 bits per heavy atom. The van der Waals surface area contributed by atoms with Gasteiger partial charge in [-0.25, -0.2) is 4.79 Å². The van der Waals surface area contributed by atoms with Crippen molar-refractivity contribution in [1.29, 1.82) is 0 Å². The number of Topliss-reactive ketones (excluding diaryl/α,β-unsaturated/α-hetero) is 1. The van der Waals surface area contributed by atoms with E-state index >= 15 is 0 Å². The van der Waals surface area contributed by atoms with Crippen LogP contribution >= 0.6 is 0 Å². The van der Waals surface area contributed by atoms with Crippen LogP contribution in [0.2, 0.25) is 0 Å². The molecule has 0 unspecified atom stereocenters. The van der Waals surface area contributed by atoms with Crippen molar-refractivity contribution in [2.75, 3.05) is 6.61 Å². The maximum atomic E-state index is 12.2. The second-order valence-corrected chi connectivity index (χ2v) is 6.36. The van der Waals surface area contributed by atoms with Crippen molar-refractivity contribution in [3.63, 3.8) is 0 Å². The van der Waals surface area contributed by atoms with E-state index in [1.807, 2.05) is 13.8 Å². The van der Waals surface area contributed by atoms with Gasteiger partial charge in [0.1, 0.15) is 11.5 Å². The molecule has 0 bridgehead atoms. The zero-order chi connectivity index (χ0) is 21.3. The number of carbonyl (C=O) groups excluding carboxylic acids is 2. The average molecular weight is 402 g/mol. The lowest BCUT2D eigenvalue weighted by Crippen LogP contribution is -2.08. The Labute approximate surface area is 175 Å². The van der Waals surface area contributed by atoms with Crippen molar-refractivity contribution < 1.29 is 19.1 Å². The Kier molecular flexibility index (Phi) is 7.05. The fourth-order valence-corrected chi connectivity index (χ4v) is 2.63. The Morgan fingerprint density at radius 2 is 1.20 bits per heavy atom. The largest absolute Gasteiger partial charge is 0.494 e. The highest BCUT2D eigenvalue weighted by Crippen LogP contribution is 2.23. The topological polar surface area (TPSA) is 77.3 Å². The molecule has 30 heavy (non-hydrogen) atoms. The van der Waals surface area contributed by atoms with Gasteiger partial charge in [-0.15, -0.1) is 0 Å². The molecule has 0 N–H and O–H groups in total. The van der Waals surface area contributed by atoms with Crippen LogP contribution in [0.15, 0.2) is 83.0 Å². The van der Waals surface area contributed by atoms with Gasteiger partial charge in [0.15, 0.2) is 5.78 Å². The molecule has 0 spiro atoms. The lowest BCUT2D eigenvalue weighted by molar-refractivity contribution is 0.0734. The first-order valence-electron chi connectivity index (χ1n) is 9.69. The number of benzene rings is 3. The monoisotopic (exact) mass is 402 g/mol. The van der Waals surface area contributed by atoms with Gasteiger partial charge in [-0.05, 0) is 79.7 Å². The zero-order valence-corrected chi connectivity index (χ0v) is 16.9. The van der Waals surface area contributed by atoms with E-state index in [0.717, 1.165) is 0 Å². The Morgan fingerprint density at radius 1 is 0.700 bits per heavy atom. The molecule has 0 heterocycles. The van der Waals surface area contributed by atoms with Gasteiger partial charge in [0.05, 0.1) is 23.5 Å². The second-order valence-electron chi connectivity index (χ2n) is 6.36. The van der Waals surface area contributed by atoms with Gasteiger partial charge < -0.3 is 9.47 Å². The summed E-state index contributed by atoms with van der Waals surface area (Å²) in [4.78, 5) is 23.9. The fraction of sp³-hybridized carbons (Fsp3) is 0.167. The molecule has 3 aromatic rings. The summed E-state index contributed by atoms with van der Waals surface area (Å²) in [5.74, 6) is 0.758. The number of rotatable bonds is 8. The maximum absolute atomic E-state index is 12.2. The van der Waals surface area contributed by atoms with Gasteiger partial charge in [0.2, 0.25) is 0 Å². The minimum absolute atomic E-state index is 0.0915. The van der Waals surface area contributed by atoms with Crippen molar-refractivity contribution in [3.8, 4) is 11.5 Å². The third-order valence-electron chi connectivity index (χ3n) is 4.24. The zero-order valence-electron chi connectivity index (χ0n) is 16.9. The summed E-state index contributed by atoms with van der Waals surface area (Å²) in [6.07, 6.45) is 0.469. The summed E-state index contributed by atoms with van der Waals surface area (Å²) in [6.45, 7) is 4.29. The number of nitrogens with zero attached hydrogens (tertiary/aromatic N) is 2. The number of ether oxygens (including phenoxy) is 2. The predicted octanol–water partition coefficient (Wildman–Crippen LogP) is 6.31. The van der Waals surface area contributed by atoms with Crippen molar-refractivity contribution in [3.05, 3.63) is 83.9 Å². The smallest absolute Gasteiger partial charge is 0.343 e. The SMILES string of the molecule is CCOc1ccc(C(=O)Oc2ccc(N=Nc3ccc(C(=O)CC)cc3)cc2)cc1. The molecule has 0 aromatic heterocycles. The van der Waals surface area contributed by atoms with Crippen LogP contribution in [-0.2, 0) is 0 Å². The van der Waals surface area contributed by atoms with Crippen LogP contribution in [0.1, 0.15) is 41.0 Å². The molecule has 0 fully saturated rings. The Bertz CT molecular complexity index is 1020. The molecule has 3 aromatic carbocycles. The molecule has 0 aliphatic rings. The first-order chi connectivity index (χ1) is 14.6. The normalized spacial score (nSPS) is 10.7. The third kappa shape index (κ3) is 5.61. The molecule has 6 nitrogen and oxygen atoms in total. The second kappa shape index (κ2) is 10.1. The molecule has 0 aliphatic heterocycles. The third-order valence-corrected chi connectivity index (χ3v) is 4.24. The van der Waals surface area contributed by atoms with E-state index < -0.39 is 5.97 Å². The summed E-state index contributed by atoms with van der Waals surface area (Å²) in [5.41, 5.74) is 2.36. The number of carbonyl (C=O) groups is 2. The number of hydrogen-bond donors (Lipinski definition) is 0. The highest BCUT2D eigenvalue weighted by Gasteiger charge is 2.09. The minimum Gasteiger partial charge on any atom is -0.494 e. The van der Waals surface area contributed by atoms with Crippen LogP contribution in [0.25, 0.3) is 0 Å². The van der Waals surface area contributed by atoms with Crippen LogP contribution in [0.5, 0.6) is 11.5 Å². The van der Waals surface area contributed by atoms with Crippen LogP contribution in [0.4, 0.5) is 11.4 Å². The van der Waals surface area contributed by atoms with E-state index in [1.54, 1.807) is 72.8 Å². The molecule has 3 rings (SSSR count). The molecule has 152 valence electrons. The first kappa shape index (κ1) is 20.9. The van der Waals surface area contributed by atoms with E-state index in [1.165, 1.54) is 0 Å². The molecule has 6 heteroatoms. The van der Waals surface area contributed by atoms with E-state index in [9.17, 15) is 9.59 Å². The fourth-order valence-electron chi connectivity index (χ4n) is 2.63. The van der Waals surface area contributed by atoms with Gasteiger partial charge in [0, 0.05) is 12.0 Å². The minimum atomic E-state index is -0.450. The molecule has 0 aliphatic carbocycles. The molecule has 0 amide bonds. The van der Waals surface area contributed by atoms with Crippen molar-refractivity contribution in [2.45, 2.75) is 20.3 Å². The average Bonchev–Trinajstić information content (AvgIpc) is 2.79. The van der Waals surface area contributed by atoms with Crippen molar-refractivity contribution in [1.82, 2.24) is 0 Å². The van der Waals surface area contributed by atoms with Crippen molar-refractivity contribution in [2.24, 2.45) is 10.2 Å².